The van der Waals surface area contributed by atoms with Crippen LogP contribution in [0.1, 0.15) is 38.2 Å². The second-order valence-corrected chi connectivity index (χ2v) is 8.31. The van der Waals surface area contributed by atoms with Gasteiger partial charge in [-0.25, -0.2) is 14.2 Å². The lowest BCUT2D eigenvalue weighted by molar-refractivity contribution is 0.0501. The van der Waals surface area contributed by atoms with E-state index in [1.165, 1.54) is 6.07 Å². The van der Waals surface area contributed by atoms with Crippen LogP contribution in [0.2, 0.25) is 0 Å². The summed E-state index contributed by atoms with van der Waals surface area (Å²) in [6.07, 6.45) is 4.66. The molecule has 0 fully saturated rings. The van der Waals surface area contributed by atoms with Crippen LogP contribution in [0.15, 0.2) is 55.0 Å². The second-order valence-electron chi connectivity index (χ2n) is 8.31. The lowest BCUT2D eigenvalue weighted by atomic mass is 10.0. The number of alkyl carbamates (subject to hydrolysis) is 1. The first-order valence-electron chi connectivity index (χ1n) is 10.00. The molecule has 0 spiro atoms. The highest BCUT2D eigenvalue weighted by molar-refractivity contribution is 5.83. The number of hydrogen-bond donors (Lipinski definition) is 3. The molecule has 1 unspecified atom stereocenters. The van der Waals surface area contributed by atoms with Crippen molar-refractivity contribution in [3.05, 3.63) is 72.2 Å². The lowest BCUT2D eigenvalue weighted by Crippen LogP contribution is -2.36. The zero-order chi connectivity index (χ0) is 22.0. The van der Waals surface area contributed by atoms with Gasteiger partial charge < -0.3 is 20.0 Å². The van der Waals surface area contributed by atoms with Crippen molar-refractivity contribution in [3.63, 3.8) is 0 Å². The van der Waals surface area contributed by atoms with Gasteiger partial charge in [-0.2, -0.15) is 0 Å². The highest BCUT2D eigenvalue weighted by atomic mass is 19.1. The molecule has 4 rings (SSSR count). The number of rotatable bonds is 5. The Bertz CT molecular complexity index is 1190. The molecular formula is C23H24FN5O2. The quantitative estimate of drug-likeness (QED) is 0.427. The average Bonchev–Trinajstić information content (AvgIpc) is 3.34. The fourth-order valence-corrected chi connectivity index (χ4v) is 3.37. The monoisotopic (exact) mass is 421 g/mol. The molecule has 160 valence electrons. The third-order valence-corrected chi connectivity index (χ3v) is 4.72. The Labute approximate surface area is 179 Å². The van der Waals surface area contributed by atoms with Gasteiger partial charge in [0.2, 0.25) is 0 Å². The maximum absolute atomic E-state index is 13.2. The van der Waals surface area contributed by atoms with Crippen LogP contribution in [-0.2, 0) is 11.2 Å². The molecule has 0 bridgehead atoms. The minimum Gasteiger partial charge on any atom is -0.444 e. The Balaban J connectivity index is 1.63. The predicted molar refractivity (Wildman–Crippen MR) is 116 cm³/mol. The van der Waals surface area contributed by atoms with Crippen molar-refractivity contribution in [2.45, 2.75) is 38.8 Å². The molecule has 31 heavy (non-hydrogen) atoms. The van der Waals surface area contributed by atoms with E-state index in [9.17, 15) is 9.18 Å². The fourth-order valence-electron chi connectivity index (χ4n) is 3.37. The Morgan fingerprint density at radius 3 is 2.71 bits per heavy atom. The van der Waals surface area contributed by atoms with Gasteiger partial charge in [0.1, 0.15) is 17.2 Å². The molecule has 0 aliphatic carbocycles. The maximum atomic E-state index is 13.2. The number of fused-ring (bicyclic) bond motifs is 1. The number of carbonyl (C=O) groups is 1. The summed E-state index contributed by atoms with van der Waals surface area (Å²) in [6, 6.07) is 10.4. The van der Waals surface area contributed by atoms with Gasteiger partial charge in [0, 0.05) is 23.5 Å². The number of pyridine rings is 1. The molecule has 0 radical (unpaired) electrons. The average molecular weight is 421 g/mol. The summed E-state index contributed by atoms with van der Waals surface area (Å²) >= 11 is 0. The van der Waals surface area contributed by atoms with Crippen LogP contribution >= 0.6 is 0 Å². The molecule has 4 aromatic rings. The Morgan fingerprint density at radius 1 is 1.16 bits per heavy atom. The van der Waals surface area contributed by atoms with E-state index in [0.29, 0.717) is 23.6 Å². The van der Waals surface area contributed by atoms with Crippen LogP contribution in [0.3, 0.4) is 0 Å². The highest BCUT2D eigenvalue weighted by Gasteiger charge is 2.24. The molecule has 8 heteroatoms. The summed E-state index contributed by atoms with van der Waals surface area (Å²) in [7, 11) is 0. The number of halogens is 1. The number of nitrogens with one attached hydrogen (secondary N) is 3. The van der Waals surface area contributed by atoms with Gasteiger partial charge in [0.25, 0.3) is 0 Å². The summed E-state index contributed by atoms with van der Waals surface area (Å²) in [5, 5.41) is 3.99. The largest absolute Gasteiger partial charge is 0.444 e. The standard InChI is InChI=1S/C23H24FN5O2/c1-23(2,3)31-22(30)29-19(10-14-11-25-17-7-5-4-6-16(14)17)21-27-13-20(28-21)18-9-8-15(24)12-26-18/h4-9,11-13,19,25H,10H2,1-3H3,(H,27,28)(H,29,30). The van der Waals surface area contributed by atoms with Gasteiger partial charge in [-0.3, -0.25) is 4.98 Å². The van der Waals surface area contributed by atoms with Gasteiger partial charge in [0.05, 0.1) is 29.8 Å². The maximum Gasteiger partial charge on any atom is 0.408 e. The first kappa shape index (κ1) is 20.6. The fraction of sp³-hybridized carbons (Fsp3) is 0.261. The molecule has 7 nitrogen and oxygen atoms in total. The second kappa shape index (κ2) is 8.22. The van der Waals surface area contributed by atoms with Crippen molar-refractivity contribution in [1.29, 1.82) is 0 Å². The third kappa shape index (κ3) is 4.91. The number of H-pyrrole nitrogens is 2. The van der Waals surface area contributed by atoms with E-state index in [1.54, 1.807) is 12.3 Å². The van der Waals surface area contributed by atoms with E-state index in [1.807, 2.05) is 51.2 Å². The number of carbonyl (C=O) groups excluding carboxylic acids is 1. The number of amides is 1. The summed E-state index contributed by atoms with van der Waals surface area (Å²) < 4.78 is 18.6. The van der Waals surface area contributed by atoms with Gasteiger partial charge in [0.15, 0.2) is 0 Å². The Morgan fingerprint density at radius 2 is 1.97 bits per heavy atom. The van der Waals surface area contributed by atoms with Gasteiger partial charge in [-0.1, -0.05) is 18.2 Å². The molecule has 3 N–H and O–H groups in total. The number of aromatic amines is 2. The van der Waals surface area contributed by atoms with E-state index >= 15 is 0 Å². The zero-order valence-corrected chi connectivity index (χ0v) is 17.6. The molecule has 3 aromatic heterocycles. The van der Waals surface area contributed by atoms with Crippen molar-refractivity contribution < 1.29 is 13.9 Å². The number of hydrogen-bond acceptors (Lipinski definition) is 4. The van der Waals surface area contributed by atoms with E-state index in [-0.39, 0.29) is 0 Å². The van der Waals surface area contributed by atoms with E-state index in [4.69, 9.17) is 4.74 Å². The summed E-state index contributed by atoms with van der Waals surface area (Å²) in [5.74, 6) is 0.143. The summed E-state index contributed by atoms with van der Waals surface area (Å²) in [4.78, 5) is 27.5. The molecule has 1 atom stereocenters. The van der Waals surface area contributed by atoms with E-state index < -0.39 is 23.6 Å². The van der Waals surface area contributed by atoms with Crippen LogP contribution in [0.25, 0.3) is 22.3 Å². The van der Waals surface area contributed by atoms with E-state index in [0.717, 1.165) is 22.7 Å². The molecule has 0 saturated heterocycles. The van der Waals surface area contributed by atoms with Crippen LogP contribution in [0.4, 0.5) is 9.18 Å². The predicted octanol–water partition coefficient (Wildman–Crippen LogP) is 4.90. The van der Waals surface area contributed by atoms with Crippen molar-refractivity contribution >= 4 is 17.0 Å². The molecule has 0 saturated carbocycles. The molecule has 1 aromatic carbocycles. The minimum absolute atomic E-state index is 0.410. The van der Waals surface area contributed by atoms with Crippen LogP contribution in [-0.4, -0.2) is 31.6 Å². The van der Waals surface area contributed by atoms with Crippen molar-refractivity contribution in [3.8, 4) is 11.4 Å². The first-order valence-corrected chi connectivity index (χ1v) is 10.00. The lowest BCUT2D eigenvalue weighted by Gasteiger charge is -2.23. The minimum atomic E-state index is -0.623. The molecule has 0 aliphatic heterocycles. The van der Waals surface area contributed by atoms with Crippen LogP contribution in [0, 0.1) is 5.82 Å². The molecule has 3 heterocycles. The number of para-hydroxylation sites is 1. The summed E-state index contributed by atoms with van der Waals surface area (Å²) in [5.41, 5.74) is 2.62. The first-order chi connectivity index (χ1) is 14.8. The van der Waals surface area contributed by atoms with Gasteiger partial charge >= 0.3 is 6.09 Å². The van der Waals surface area contributed by atoms with Crippen LogP contribution in [0.5, 0.6) is 0 Å². The normalized spacial score (nSPS) is 12.6. The zero-order valence-electron chi connectivity index (χ0n) is 17.6. The van der Waals surface area contributed by atoms with Gasteiger partial charge in [-0.05, 0) is 44.5 Å². The smallest absolute Gasteiger partial charge is 0.408 e. The number of benzene rings is 1. The van der Waals surface area contributed by atoms with Crippen LogP contribution < -0.4 is 5.32 Å². The van der Waals surface area contributed by atoms with Crippen molar-refractivity contribution in [1.82, 2.24) is 25.3 Å². The third-order valence-electron chi connectivity index (χ3n) is 4.72. The van der Waals surface area contributed by atoms with Crippen molar-refractivity contribution in [2.24, 2.45) is 0 Å². The molecular weight excluding hydrogens is 397 g/mol. The highest BCUT2D eigenvalue weighted by Crippen LogP contribution is 2.25. The number of ether oxygens (including phenoxy) is 1. The summed E-state index contributed by atoms with van der Waals surface area (Å²) in [6.45, 7) is 5.44. The SMILES string of the molecule is CC(C)(C)OC(=O)NC(Cc1c[nH]c2ccccc12)c1ncc(-c2ccc(F)cn2)[nH]1. The van der Waals surface area contributed by atoms with Crippen molar-refractivity contribution in [2.75, 3.05) is 0 Å². The Hall–Kier alpha value is -3.68. The molecule has 0 aliphatic rings. The number of imidazole rings is 1. The number of aromatic nitrogens is 4. The Kier molecular flexibility index (Phi) is 5.46. The molecule has 1 amide bonds. The van der Waals surface area contributed by atoms with E-state index in [2.05, 4.69) is 25.3 Å². The van der Waals surface area contributed by atoms with Gasteiger partial charge in [-0.15, -0.1) is 0 Å². The topological polar surface area (TPSA) is 95.7 Å². The number of nitrogens with zero attached hydrogens (tertiary/aromatic N) is 2.